The van der Waals surface area contributed by atoms with Crippen molar-refractivity contribution in [3.05, 3.63) is 28.2 Å². The molecule has 0 aliphatic heterocycles. The van der Waals surface area contributed by atoms with Gasteiger partial charge in [0.25, 0.3) is 0 Å². The predicted molar refractivity (Wildman–Crippen MR) is 139 cm³/mol. The SMILES string of the molecule is CCCCCC(C)(O)CC/C=C(\C)CCCC(C)CCC1=CC(N=O)C(C)C(C)C1S. The Morgan fingerprint density at radius 1 is 1.23 bits per heavy atom. The first-order valence-corrected chi connectivity index (χ1v) is 13.2. The second kappa shape index (κ2) is 14.5. The molecule has 1 rings (SSSR count). The lowest BCUT2D eigenvalue weighted by atomic mass is 9.77. The van der Waals surface area contributed by atoms with Crippen LogP contribution < -0.4 is 0 Å². The fourth-order valence-electron chi connectivity index (χ4n) is 4.66. The number of unbranched alkanes of at least 4 members (excludes halogenated alkanes) is 2. The highest BCUT2D eigenvalue weighted by atomic mass is 32.1. The molecule has 0 heterocycles. The Labute approximate surface area is 197 Å². The summed E-state index contributed by atoms with van der Waals surface area (Å²) in [5.41, 5.74) is 2.24. The summed E-state index contributed by atoms with van der Waals surface area (Å²) in [5.74, 6) is 1.34. The summed E-state index contributed by atoms with van der Waals surface area (Å²) in [6, 6.07) is -0.191. The Hall–Kier alpha value is -0.610. The maximum absolute atomic E-state index is 11.2. The number of nitroso groups, excluding NO2 is 1. The van der Waals surface area contributed by atoms with E-state index in [1.54, 1.807) is 0 Å². The summed E-state index contributed by atoms with van der Waals surface area (Å²) in [4.78, 5) is 11.2. The molecule has 6 unspecified atom stereocenters. The van der Waals surface area contributed by atoms with Gasteiger partial charge in [-0.25, -0.2) is 0 Å². The highest BCUT2D eigenvalue weighted by Crippen LogP contribution is 2.37. The smallest absolute Gasteiger partial charge is 0.113 e. The van der Waals surface area contributed by atoms with E-state index in [-0.39, 0.29) is 17.2 Å². The van der Waals surface area contributed by atoms with Crippen LogP contribution in [0.1, 0.15) is 112 Å². The monoisotopic (exact) mass is 451 g/mol. The number of aliphatic hydroxyl groups is 1. The van der Waals surface area contributed by atoms with Crippen LogP contribution in [0.3, 0.4) is 0 Å². The first-order valence-electron chi connectivity index (χ1n) is 12.7. The van der Waals surface area contributed by atoms with Crippen molar-refractivity contribution in [3.63, 3.8) is 0 Å². The van der Waals surface area contributed by atoms with Gasteiger partial charge in [0.2, 0.25) is 0 Å². The summed E-state index contributed by atoms with van der Waals surface area (Å²) in [7, 11) is 0. The third-order valence-electron chi connectivity index (χ3n) is 7.44. The Bertz CT molecular complexity index is 584. The average Bonchev–Trinajstić information content (AvgIpc) is 2.71. The molecule has 3 nitrogen and oxygen atoms in total. The van der Waals surface area contributed by atoms with E-state index in [1.807, 2.05) is 6.92 Å². The van der Waals surface area contributed by atoms with Crippen LogP contribution in [0, 0.1) is 22.7 Å². The minimum Gasteiger partial charge on any atom is -0.390 e. The van der Waals surface area contributed by atoms with Gasteiger partial charge in [0.1, 0.15) is 6.04 Å². The summed E-state index contributed by atoms with van der Waals surface area (Å²) in [6.45, 7) is 13.1. The van der Waals surface area contributed by atoms with E-state index >= 15 is 0 Å². The van der Waals surface area contributed by atoms with Crippen LogP contribution in [0.15, 0.2) is 28.5 Å². The number of nitrogens with zero attached hydrogens (tertiary/aromatic N) is 1. The van der Waals surface area contributed by atoms with Gasteiger partial charge in [0, 0.05) is 5.25 Å². The number of hydrogen-bond donors (Lipinski definition) is 2. The lowest BCUT2D eigenvalue weighted by Gasteiger charge is -2.34. The van der Waals surface area contributed by atoms with Gasteiger partial charge in [-0.3, -0.25) is 0 Å². The summed E-state index contributed by atoms with van der Waals surface area (Å²) in [5, 5.41) is 14.1. The molecule has 0 aromatic heterocycles. The second-order valence-corrected chi connectivity index (χ2v) is 11.1. The molecule has 1 aliphatic rings. The minimum atomic E-state index is -0.521. The van der Waals surface area contributed by atoms with Crippen molar-refractivity contribution in [2.45, 2.75) is 129 Å². The van der Waals surface area contributed by atoms with Crippen molar-refractivity contribution in [2.75, 3.05) is 0 Å². The normalized spacial score (nSPS) is 27.5. The maximum Gasteiger partial charge on any atom is 0.113 e. The Kier molecular flexibility index (Phi) is 13.3. The molecular weight excluding hydrogens is 402 g/mol. The van der Waals surface area contributed by atoms with Crippen molar-refractivity contribution in [3.8, 4) is 0 Å². The minimum absolute atomic E-state index is 0.191. The van der Waals surface area contributed by atoms with E-state index in [0.717, 1.165) is 44.9 Å². The molecular formula is C27H49NO2S. The Morgan fingerprint density at radius 3 is 2.58 bits per heavy atom. The van der Waals surface area contributed by atoms with Gasteiger partial charge < -0.3 is 5.11 Å². The molecule has 0 aromatic carbocycles. The van der Waals surface area contributed by atoms with Crippen LogP contribution in [0.25, 0.3) is 0 Å². The van der Waals surface area contributed by atoms with Crippen LogP contribution >= 0.6 is 12.6 Å². The lowest BCUT2D eigenvalue weighted by molar-refractivity contribution is 0.0403. The zero-order valence-corrected chi connectivity index (χ0v) is 22.0. The third kappa shape index (κ3) is 10.7. The molecule has 4 heteroatoms. The topological polar surface area (TPSA) is 49.7 Å². The van der Waals surface area contributed by atoms with Gasteiger partial charge in [-0.2, -0.15) is 17.5 Å². The molecule has 31 heavy (non-hydrogen) atoms. The van der Waals surface area contributed by atoms with Crippen molar-refractivity contribution in [2.24, 2.45) is 22.9 Å². The van der Waals surface area contributed by atoms with E-state index in [9.17, 15) is 10.0 Å². The largest absolute Gasteiger partial charge is 0.390 e. The number of thiol groups is 1. The van der Waals surface area contributed by atoms with Crippen molar-refractivity contribution in [1.29, 1.82) is 0 Å². The van der Waals surface area contributed by atoms with Crippen LogP contribution in [-0.4, -0.2) is 22.0 Å². The van der Waals surface area contributed by atoms with E-state index < -0.39 is 5.60 Å². The van der Waals surface area contributed by atoms with Gasteiger partial charge in [-0.1, -0.05) is 81.9 Å². The molecule has 1 N–H and O–H groups in total. The van der Waals surface area contributed by atoms with Crippen molar-refractivity contribution >= 4 is 12.6 Å². The molecule has 0 bridgehead atoms. The third-order valence-corrected chi connectivity index (χ3v) is 8.24. The fraction of sp³-hybridized carbons (Fsp3) is 0.852. The number of rotatable bonds is 15. The van der Waals surface area contributed by atoms with E-state index in [1.165, 1.54) is 36.8 Å². The summed E-state index contributed by atoms with van der Waals surface area (Å²) >= 11 is 4.83. The molecule has 180 valence electrons. The summed E-state index contributed by atoms with van der Waals surface area (Å²) in [6.07, 6.45) is 16.5. The summed E-state index contributed by atoms with van der Waals surface area (Å²) < 4.78 is 0. The first kappa shape index (κ1) is 28.4. The van der Waals surface area contributed by atoms with Crippen LogP contribution in [-0.2, 0) is 0 Å². The standard InChI is InChI=1S/C27H49NO2S/c1-7-8-9-17-27(6,29)18-11-14-20(2)12-10-13-21(3)15-16-24-19-25(28-30)22(4)23(5)26(24)31/h14,19,21-23,25-26,29,31H,7-13,15-18H2,1-6H3/b20-14+. The Morgan fingerprint density at radius 2 is 1.94 bits per heavy atom. The quantitative estimate of drug-likeness (QED) is 0.114. The van der Waals surface area contributed by atoms with Crippen molar-refractivity contribution < 1.29 is 5.11 Å². The number of allylic oxidation sites excluding steroid dienone is 2. The molecule has 0 spiro atoms. The molecule has 0 aromatic rings. The van der Waals surface area contributed by atoms with Gasteiger partial charge >= 0.3 is 0 Å². The van der Waals surface area contributed by atoms with E-state index in [4.69, 9.17) is 12.6 Å². The highest BCUT2D eigenvalue weighted by molar-refractivity contribution is 7.81. The van der Waals surface area contributed by atoms with Gasteiger partial charge in [0.05, 0.1) is 5.60 Å². The molecule has 1 aliphatic carbocycles. The van der Waals surface area contributed by atoms with Crippen molar-refractivity contribution in [1.82, 2.24) is 0 Å². The molecule has 6 atom stereocenters. The zero-order chi connectivity index (χ0) is 23.4. The average molecular weight is 452 g/mol. The molecule has 0 radical (unpaired) electrons. The fourth-order valence-corrected chi connectivity index (χ4v) is 5.15. The van der Waals surface area contributed by atoms with Gasteiger partial charge in [-0.05, 0) is 76.5 Å². The molecule has 0 amide bonds. The highest BCUT2D eigenvalue weighted by Gasteiger charge is 2.33. The molecule has 0 saturated carbocycles. The number of hydrogen-bond acceptors (Lipinski definition) is 4. The zero-order valence-electron chi connectivity index (χ0n) is 21.1. The van der Waals surface area contributed by atoms with Crippen LogP contribution in [0.2, 0.25) is 0 Å². The molecule has 0 saturated heterocycles. The van der Waals surface area contributed by atoms with Gasteiger partial charge in [-0.15, -0.1) is 0 Å². The Balaban J connectivity index is 2.31. The molecule has 0 fully saturated rings. The maximum atomic E-state index is 11.2. The lowest BCUT2D eigenvalue weighted by Crippen LogP contribution is -2.33. The predicted octanol–water partition coefficient (Wildman–Crippen LogP) is 8.28. The first-order chi connectivity index (χ1) is 14.6. The van der Waals surface area contributed by atoms with E-state index in [2.05, 4.69) is 51.9 Å². The van der Waals surface area contributed by atoms with E-state index in [0.29, 0.717) is 11.8 Å². The van der Waals surface area contributed by atoms with Crippen LogP contribution in [0.4, 0.5) is 0 Å². The second-order valence-electron chi connectivity index (χ2n) is 10.6. The van der Waals surface area contributed by atoms with Crippen LogP contribution in [0.5, 0.6) is 0 Å². The van der Waals surface area contributed by atoms with Gasteiger partial charge in [0.15, 0.2) is 0 Å².